The molecule has 132 heavy (non-hydrogen) atoms. The molecule has 0 aliphatic carbocycles. The van der Waals surface area contributed by atoms with Crippen molar-refractivity contribution in [2.45, 2.75) is 409 Å². The Bertz CT molecular complexity index is 4450. The van der Waals surface area contributed by atoms with Gasteiger partial charge in [-0.15, -0.1) is 0 Å². The van der Waals surface area contributed by atoms with Crippen LogP contribution in [0.2, 0.25) is 0 Å². The molecule has 0 radical (unpaired) electrons. The van der Waals surface area contributed by atoms with Crippen LogP contribution in [0, 0.1) is 72.0 Å². The fourth-order valence-corrected chi connectivity index (χ4v) is 14.4. The summed E-state index contributed by atoms with van der Waals surface area (Å²) >= 11 is 0. The van der Waals surface area contributed by atoms with Crippen LogP contribution in [0.3, 0.4) is 0 Å². The highest BCUT2D eigenvalue weighted by atomic mass is 19.2. The van der Waals surface area contributed by atoms with Crippen LogP contribution in [-0.2, 0) is 0 Å². The molecule has 1 aromatic heterocycles. The minimum absolute atomic E-state index is 0.0192. The Morgan fingerprint density at radius 1 is 0.159 bits per heavy atom. The predicted octanol–water partition coefficient (Wildman–Crippen LogP) is 40.7. The van der Waals surface area contributed by atoms with E-state index >= 15 is 0 Å². The zero-order chi connectivity index (χ0) is 102. The molecule has 1 heterocycles. The summed E-state index contributed by atoms with van der Waals surface area (Å²) in [5.41, 5.74) is 21.4. The van der Waals surface area contributed by atoms with Crippen molar-refractivity contribution in [3.8, 4) is 0 Å². The van der Waals surface area contributed by atoms with Gasteiger partial charge in [-0.3, -0.25) is 4.98 Å². The van der Waals surface area contributed by atoms with Crippen LogP contribution >= 0.6 is 0 Å². The Hall–Kier alpha value is -8.57. The first-order valence-electron chi connectivity index (χ1n) is 48.8. The van der Waals surface area contributed by atoms with Crippen molar-refractivity contribution in [3.63, 3.8) is 0 Å². The van der Waals surface area contributed by atoms with Gasteiger partial charge in [0.15, 0.2) is 11.6 Å². The van der Waals surface area contributed by atoms with Gasteiger partial charge in [0.2, 0.25) is 0 Å². The highest BCUT2D eigenvalue weighted by Crippen LogP contribution is 2.34. The zero-order valence-corrected chi connectivity index (χ0v) is 89.4. The van der Waals surface area contributed by atoms with Crippen molar-refractivity contribution >= 4 is 0 Å². The van der Waals surface area contributed by atoms with E-state index in [0.29, 0.717) is 92.6 Å². The summed E-state index contributed by atoms with van der Waals surface area (Å²) in [5, 5.41) is 0. The van der Waals surface area contributed by atoms with Crippen LogP contribution in [0.15, 0.2) is 164 Å². The van der Waals surface area contributed by atoms with Crippen molar-refractivity contribution in [3.05, 3.63) is 345 Å². The van der Waals surface area contributed by atoms with Gasteiger partial charge in [0.05, 0.1) is 0 Å². The Kier molecular flexibility index (Phi) is 54.0. The summed E-state index contributed by atoms with van der Waals surface area (Å²) in [6.45, 7) is 86.0. The highest BCUT2D eigenvalue weighted by Gasteiger charge is 2.21. The van der Waals surface area contributed by atoms with E-state index in [-0.39, 0.29) is 93.6 Å². The average Bonchev–Trinajstić information content (AvgIpc) is 0.828. The van der Waals surface area contributed by atoms with Crippen LogP contribution in [-0.4, -0.2) is 4.98 Å². The lowest BCUT2D eigenvalue weighted by Crippen LogP contribution is -2.02. The van der Waals surface area contributed by atoms with Gasteiger partial charge in [-0.25, -0.2) is 43.9 Å². The fraction of sp³-hybridized carbons (Fsp3) is 0.512. The molecule has 0 fully saturated rings. The fourth-order valence-electron chi connectivity index (χ4n) is 14.4. The topological polar surface area (TPSA) is 12.9 Å². The molecule has 0 atom stereocenters. The minimum Gasteiger partial charge on any atom is -0.261 e. The summed E-state index contributed by atoms with van der Waals surface area (Å²) in [6, 6.07) is 49.8. The van der Waals surface area contributed by atoms with Gasteiger partial charge >= 0.3 is 0 Å². The van der Waals surface area contributed by atoms with E-state index in [1.54, 1.807) is 52.0 Å². The number of hydrogen-bond acceptors (Lipinski definition) is 1. The summed E-state index contributed by atoms with van der Waals surface area (Å²) in [4.78, 5) is 4.40. The Balaban J connectivity index is 0.000000734. The zero-order valence-electron chi connectivity index (χ0n) is 89.4. The number of aryl methyl sites for hydroxylation is 2. The summed E-state index contributed by atoms with van der Waals surface area (Å²) in [5.74, 6) is 2.62. The second kappa shape index (κ2) is 58.7. The standard InChI is InChI=1S/2C13H20.4C12H16F2.2C12H17F.C12H18.C11H17N/c2*1-9(2)12-6-7-13(10(3)4)11(5)8-12;1-7(2)9-5-12(14)10(8(3)4)6-11(9)13;2*1-7(2)9-5-10(13)12(8(3)4)11(14)6-9;1-7(2)9-5-6-10(8(3)4)12(14)11(9)13;2*1-8(2)10-5-6-11(9(3)4)12(13)7-10;1-9(2)11-5-7-12(8-6-11)10(3)4;1-8(2)10-5-6-11(9(3)4)12-7-10/h2*6-10H,1-5H3;4*5-8H,1-4H3;2*5-9H,1-4H3;5-10H,1-4H3;5-9H,1-4H3. The first kappa shape index (κ1) is 121. The third-order valence-corrected chi connectivity index (χ3v) is 23.6. The summed E-state index contributed by atoms with van der Waals surface area (Å²) in [6.07, 6.45) is 1.99. The molecule has 0 aliphatic heterocycles. The van der Waals surface area contributed by atoms with Crippen LogP contribution in [0.4, 0.5) is 43.9 Å². The van der Waals surface area contributed by atoms with Gasteiger partial charge in [0.1, 0.15) is 46.5 Å². The molecule has 0 aliphatic rings. The molecule has 0 N–H and O–H groups in total. The smallest absolute Gasteiger partial charge is 0.162 e. The molecule has 0 saturated heterocycles. The largest absolute Gasteiger partial charge is 0.261 e. The van der Waals surface area contributed by atoms with Gasteiger partial charge in [-0.1, -0.05) is 380 Å². The van der Waals surface area contributed by atoms with Crippen molar-refractivity contribution in [1.29, 1.82) is 0 Å². The molecule has 732 valence electrons. The van der Waals surface area contributed by atoms with Gasteiger partial charge in [0.25, 0.3) is 0 Å². The molecule has 0 unspecified atom stereocenters. The quantitative estimate of drug-likeness (QED) is 0.0693. The van der Waals surface area contributed by atoms with Gasteiger partial charge in [0, 0.05) is 23.0 Å². The third kappa shape index (κ3) is 40.5. The van der Waals surface area contributed by atoms with E-state index < -0.39 is 34.9 Å². The maximum Gasteiger partial charge on any atom is 0.162 e. The van der Waals surface area contributed by atoms with E-state index in [1.807, 2.05) is 141 Å². The Labute approximate surface area is 797 Å². The normalized spacial score (nSPS) is 11.3. The lowest BCUT2D eigenvalue weighted by molar-refractivity contribution is 0.480. The SMILES string of the molecule is CC(C)c1cc(F)c(C(C)C)c(F)c1.CC(C)c1cc(F)c(C(C)C)c(F)c1.CC(C)c1cc(F)c(C(C)C)cc1F.CC(C)c1ccc(C(C)C)c(F)c1.CC(C)c1ccc(C(C)C)c(F)c1.CC(C)c1ccc(C(C)C)c(F)c1F.CC(C)c1ccc(C(C)C)cc1.CC(C)c1ccc(C(C)C)nc1.Cc1cc(C(C)C)ccc1C(C)C.Cc1cc(C(C)C)ccc1C(C)C. The molecule has 9 aromatic carbocycles. The monoisotopic (exact) mass is 1830 g/mol. The van der Waals surface area contributed by atoms with E-state index in [9.17, 15) is 43.9 Å². The Morgan fingerprint density at radius 3 is 0.545 bits per heavy atom. The number of aromatic nitrogens is 1. The molecule has 0 amide bonds. The van der Waals surface area contributed by atoms with Crippen molar-refractivity contribution < 1.29 is 43.9 Å². The molecule has 1 nitrogen and oxygen atoms in total. The average molecular weight is 1830 g/mol. The number of hydrogen-bond donors (Lipinski definition) is 0. The van der Waals surface area contributed by atoms with Crippen molar-refractivity contribution in [2.24, 2.45) is 0 Å². The van der Waals surface area contributed by atoms with Crippen LogP contribution in [0.1, 0.15) is 518 Å². The van der Waals surface area contributed by atoms with E-state index in [1.165, 1.54) is 92.2 Å². The van der Waals surface area contributed by atoms with Crippen LogP contribution in [0.25, 0.3) is 0 Å². The number of halogens is 10. The lowest BCUT2D eigenvalue weighted by atomic mass is 9.93. The first-order chi connectivity index (χ1) is 61.0. The third-order valence-electron chi connectivity index (χ3n) is 23.6. The predicted molar refractivity (Wildman–Crippen MR) is 553 cm³/mol. The minimum atomic E-state index is -0.689. The number of rotatable bonds is 20. The number of pyridine rings is 1. The molecule has 0 spiro atoms. The summed E-state index contributed by atoms with van der Waals surface area (Å²) < 4.78 is 135. The maximum absolute atomic E-state index is 13.5. The van der Waals surface area contributed by atoms with Crippen molar-refractivity contribution in [1.82, 2.24) is 4.98 Å². The van der Waals surface area contributed by atoms with Crippen molar-refractivity contribution in [2.75, 3.05) is 0 Å². The highest BCUT2D eigenvalue weighted by molar-refractivity contribution is 5.39. The molecule has 11 heteroatoms. The van der Waals surface area contributed by atoms with Crippen LogP contribution < -0.4 is 0 Å². The lowest BCUT2D eigenvalue weighted by Gasteiger charge is -2.13. The summed E-state index contributed by atoms with van der Waals surface area (Å²) in [7, 11) is 0. The van der Waals surface area contributed by atoms with E-state index in [4.69, 9.17) is 0 Å². The molecule has 10 aromatic rings. The second-order valence-corrected chi connectivity index (χ2v) is 41.6. The molecule has 0 saturated carbocycles. The van der Waals surface area contributed by atoms with Crippen LogP contribution in [0.5, 0.6) is 0 Å². The number of benzene rings is 9. The molecule has 10 rings (SSSR count). The molecular weight excluding hydrogens is 1660 g/mol. The van der Waals surface area contributed by atoms with Gasteiger partial charge < -0.3 is 0 Å². The Morgan fingerprint density at radius 2 is 0.356 bits per heavy atom. The molecular formula is C121H173F10N. The van der Waals surface area contributed by atoms with E-state index in [2.05, 4.69) is 230 Å². The molecule has 0 bridgehead atoms. The number of nitrogens with zero attached hydrogens (tertiary/aromatic N) is 1. The van der Waals surface area contributed by atoms with E-state index in [0.717, 1.165) is 22.3 Å². The maximum atomic E-state index is 13.5. The second-order valence-electron chi connectivity index (χ2n) is 41.6. The van der Waals surface area contributed by atoms with Gasteiger partial charge in [-0.2, -0.15) is 0 Å². The van der Waals surface area contributed by atoms with Gasteiger partial charge in [-0.05, 0) is 293 Å². The first-order valence-corrected chi connectivity index (χ1v) is 48.8.